The molecule has 0 fully saturated rings. The van der Waals surface area contributed by atoms with Gasteiger partial charge in [-0.15, -0.1) is 13.2 Å². The van der Waals surface area contributed by atoms with Crippen molar-refractivity contribution >= 4 is 5.97 Å². The summed E-state index contributed by atoms with van der Waals surface area (Å²) in [6.45, 7) is 0. The van der Waals surface area contributed by atoms with E-state index in [0.717, 1.165) is 12.1 Å². The van der Waals surface area contributed by atoms with Crippen LogP contribution in [-0.2, 0) is 6.42 Å². The summed E-state index contributed by atoms with van der Waals surface area (Å²) in [4.78, 5) is 15.1. The van der Waals surface area contributed by atoms with Crippen molar-refractivity contribution in [1.29, 1.82) is 0 Å². The van der Waals surface area contributed by atoms with E-state index in [2.05, 4.69) is 9.72 Å². The summed E-state index contributed by atoms with van der Waals surface area (Å²) >= 11 is 0. The van der Waals surface area contributed by atoms with Crippen LogP contribution in [0.1, 0.15) is 21.5 Å². The third-order valence-electron chi connectivity index (χ3n) is 3.97. The number of aromatic nitrogens is 1. The van der Waals surface area contributed by atoms with Gasteiger partial charge in [-0.2, -0.15) is 0 Å². The lowest BCUT2D eigenvalue weighted by atomic mass is 9.98. The Kier molecular flexibility index (Phi) is 5.30. The molecule has 0 amide bonds. The van der Waals surface area contributed by atoms with Crippen LogP contribution in [0.2, 0.25) is 0 Å². The minimum absolute atomic E-state index is 0.0127. The molecule has 1 N–H and O–H groups in total. The molecule has 0 saturated carbocycles. The van der Waals surface area contributed by atoms with Crippen molar-refractivity contribution in [2.75, 3.05) is 0 Å². The standard InChI is InChI=1S/C20H13F4NO3/c21-18-10-13(12-2-1-3-16(9-12)28-20(22,23)24)4-5-14(18)8-15-11-25-7-6-17(15)19(26)27/h1-7,9-11H,8H2,(H,26,27). The van der Waals surface area contributed by atoms with Crippen LogP contribution in [0.5, 0.6) is 5.75 Å². The topological polar surface area (TPSA) is 59.4 Å². The second-order valence-electron chi connectivity index (χ2n) is 5.90. The SMILES string of the molecule is O=C(O)c1ccncc1Cc1ccc(-c2cccc(OC(F)(F)F)c2)cc1F. The fourth-order valence-corrected chi connectivity index (χ4v) is 2.72. The Bertz CT molecular complexity index is 1020. The van der Waals surface area contributed by atoms with Crippen LogP contribution in [0.4, 0.5) is 17.6 Å². The van der Waals surface area contributed by atoms with Gasteiger partial charge in [0, 0.05) is 18.8 Å². The zero-order valence-electron chi connectivity index (χ0n) is 14.2. The lowest BCUT2D eigenvalue weighted by Crippen LogP contribution is -2.17. The zero-order valence-corrected chi connectivity index (χ0v) is 14.2. The van der Waals surface area contributed by atoms with Gasteiger partial charge in [-0.3, -0.25) is 4.98 Å². The van der Waals surface area contributed by atoms with Crippen LogP contribution >= 0.6 is 0 Å². The highest BCUT2D eigenvalue weighted by Crippen LogP contribution is 2.29. The molecule has 0 atom stereocenters. The van der Waals surface area contributed by atoms with Crippen molar-refractivity contribution < 1.29 is 32.2 Å². The number of halogens is 4. The van der Waals surface area contributed by atoms with Gasteiger partial charge in [0.2, 0.25) is 0 Å². The Morgan fingerprint density at radius 1 is 1.04 bits per heavy atom. The molecule has 0 saturated heterocycles. The lowest BCUT2D eigenvalue weighted by molar-refractivity contribution is -0.274. The number of carboxylic acids is 1. The van der Waals surface area contributed by atoms with Gasteiger partial charge in [0.25, 0.3) is 0 Å². The largest absolute Gasteiger partial charge is 0.573 e. The molecule has 1 aromatic heterocycles. The van der Waals surface area contributed by atoms with Gasteiger partial charge in [0.1, 0.15) is 11.6 Å². The molecule has 0 spiro atoms. The van der Waals surface area contributed by atoms with Crippen molar-refractivity contribution in [3.63, 3.8) is 0 Å². The highest BCUT2D eigenvalue weighted by molar-refractivity contribution is 5.89. The van der Waals surface area contributed by atoms with Gasteiger partial charge >= 0.3 is 12.3 Å². The monoisotopic (exact) mass is 391 g/mol. The first-order chi connectivity index (χ1) is 13.2. The maximum absolute atomic E-state index is 14.5. The number of nitrogens with zero attached hydrogens (tertiary/aromatic N) is 1. The molecule has 3 rings (SSSR count). The van der Waals surface area contributed by atoms with Gasteiger partial charge in [-0.1, -0.05) is 24.3 Å². The molecule has 4 nitrogen and oxygen atoms in total. The Hall–Kier alpha value is -3.42. The molecule has 0 bridgehead atoms. The number of pyridine rings is 1. The smallest absolute Gasteiger partial charge is 0.478 e. The summed E-state index contributed by atoms with van der Waals surface area (Å²) in [5, 5.41) is 9.20. The molecule has 3 aromatic rings. The molecular weight excluding hydrogens is 378 g/mol. The summed E-state index contributed by atoms with van der Waals surface area (Å²) in [5.41, 5.74) is 1.32. The van der Waals surface area contributed by atoms with E-state index >= 15 is 0 Å². The number of rotatable bonds is 5. The summed E-state index contributed by atoms with van der Waals surface area (Å²) in [7, 11) is 0. The van der Waals surface area contributed by atoms with E-state index in [9.17, 15) is 27.5 Å². The number of hydrogen-bond donors (Lipinski definition) is 1. The lowest BCUT2D eigenvalue weighted by Gasteiger charge is -2.11. The minimum Gasteiger partial charge on any atom is -0.478 e. The molecule has 0 radical (unpaired) electrons. The Balaban J connectivity index is 1.88. The Labute approximate surface area is 157 Å². The normalized spacial score (nSPS) is 11.3. The molecule has 0 unspecified atom stereocenters. The average molecular weight is 391 g/mol. The molecule has 28 heavy (non-hydrogen) atoms. The predicted molar refractivity (Wildman–Crippen MR) is 92.5 cm³/mol. The summed E-state index contributed by atoms with van der Waals surface area (Å²) < 4.78 is 55.5. The zero-order chi connectivity index (χ0) is 20.3. The van der Waals surface area contributed by atoms with Crippen molar-refractivity contribution in [1.82, 2.24) is 4.98 Å². The maximum Gasteiger partial charge on any atom is 0.573 e. The average Bonchev–Trinajstić information content (AvgIpc) is 2.62. The number of alkyl halides is 3. The van der Waals surface area contributed by atoms with E-state index in [0.29, 0.717) is 16.7 Å². The molecule has 0 aliphatic heterocycles. The van der Waals surface area contributed by atoms with E-state index in [1.807, 2.05) is 0 Å². The van der Waals surface area contributed by atoms with E-state index < -0.39 is 23.9 Å². The van der Waals surface area contributed by atoms with Crippen molar-refractivity contribution in [2.45, 2.75) is 12.8 Å². The van der Waals surface area contributed by atoms with Gasteiger partial charge in [0.15, 0.2) is 0 Å². The van der Waals surface area contributed by atoms with Crippen LogP contribution in [-0.4, -0.2) is 22.4 Å². The summed E-state index contributed by atoms with van der Waals surface area (Å²) in [6, 6.07) is 10.7. The highest BCUT2D eigenvalue weighted by atomic mass is 19.4. The Morgan fingerprint density at radius 3 is 2.46 bits per heavy atom. The number of carbonyl (C=O) groups is 1. The second-order valence-corrected chi connectivity index (χ2v) is 5.90. The Morgan fingerprint density at radius 2 is 1.79 bits per heavy atom. The molecule has 144 valence electrons. The molecule has 0 aliphatic rings. The number of benzene rings is 2. The first-order valence-corrected chi connectivity index (χ1v) is 8.04. The van der Waals surface area contributed by atoms with Crippen molar-refractivity contribution in [2.24, 2.45) is 0 Å². The number of ether oxygens (including phenoxy) is 1. The minimum atomic E-state index is -4.82. The first-order valence-electron chi connectivity index (χ1n) is 8.04. The van der Waals surface area contributed by atoms with Crippen molar-refractivity contribution in [3.05, 3.63) is 83.4 Å². The third-order valence-corrected chi connectivity index (χ3v) is 3.97. The number of aromatic carboxylic acids is 1. The first kappa shape index (κ1) is 19.3. The van der Waals surface area contributed by atoms with Crippen LogP contribution in [0, 0.1) is 5.82 Å². The van der Waals surface area contributed by atoms with E-state index in [1.54, 1.807) is 6.07 Å². The van der Waals surface area contributed by atoms with E-state index in [-0.39, 0.29) is 17.5 Å². The molecule has 1 heterocycles. The van der Waals surface area contributed by atoms with Crippen LogP contribution in [0.25, 0.3) is 11.1 Å². The molecular formula is C20H13F4NO3. The fourth-order valence-electron chi connectivity index (χ4n) is 2.72. The second kappa shape index (κ2) is 7.67. The van der Waals surface area contributed by atoms with E-state index in [1.165, 1.54) is 42.7 Å². The summed E-state index contributed by atoms with van der Waals surface area (Å²) in [6.07, 6.45) is -2.12. The van der Waals surface area contributed by atoms with Crippen LogP contribution in [0.15, 0.2) is 60.9 Å². The van der Waals surface area contributed by atoms with Gasteiger partial charge in [-0.05, 0) is 46.5 Å². The van der Waals surface area contributed by atoms with Gasteiger partial charge < -0.3 is 9.84 Å². The predicted octanol–water partition coefficient (Wildman–Crippen LogP) is 5.08. The van der Waals surface area contributed by atoms with Crippen LogP contribution < -0.4 is 4.74 Å². The van der Waals surface area contributed by atoms with Crippen LogP contribution in [0.3, 0.4) is 0 Å². The highest BCUT2D eigenvalue weighted by Gasteiger charge is 2.31. The molecule has 2 aromatic carbocycles. The molecule has 8 heteroatoms. The summed E-state index contributed by atoms with van der Waals surface area (Å²) in [5.74, 6) is -2.16. The maximum atomic E-state index is 14.5. The van der Waals surface area contributed by atoms with Gasteiger partial charge in [-0.25, -0.2) is 9.18 Å². The molecule has 0 aliphatic carbocycles. The van der Waals surface area contributed by atoms with Crippen molar-refractivity contribution in [3.8, 4) is 16.9 Å². The fraction of sp³-hybridized carbons (Fsp3) is 0.100. The third kappa shape index (κ3) is 4.64. The quantitative estimate of drug-likeness (QED) is 0.617. The number of carboxylic acid groups (broad SMARTS) is 1. The van der Waals surface area contributed by atoms with Gasteiger partial charge in [0.05, 0.1) is 5.56 Å². The number of hydrogen-bond acceptors (Lipinski definition) is 3. The van der Waals surface area contributed by atoms with E-state index in [4.69, 9.17) is 0 Å².